The Labute approximate surface area is 199 Å². The third-order valence-corrected chi connectivity index (χ3v) is 7.38. The van der Waals surface area contributed by atoms with Crippen molar-refractivity contribution in [2.24, 2.45) is 0 Å². The van der Waals surface area contributed by atoms with Gasteiger partial charge >= 0.3 is 0 Å². The van der Waals surface area contributed by atoms with E-state index in [1.54, 1.807) is 36.3 Å². The average Bonchev–Trinajstić information content (AvgIpc) is 3.17. The summed E-state index contributed by atoms with van der Waals surface area (Å²) < 4.78 is 33.2. The molecule has 34 heavy (non-hydrogen) atoms. The summed E-state index contributed by atoms with van der Waals surface area (Å²) in [6.45, 7) is 3.50. The molecule has 0 aliphatic carbocycles. The molecule has 8 heteroatoms. The lowest BCUT2D eigenvalue weighted by Crippen LogP contribution is -2.35. The lowest BCUT2D eigenvalue weighted by Gasteiger charge is -2.23. The monoisotopic (exact) mass is 478 g/mol. The van der Waals surface area contributed by atoms with E-state index < -0.39 is 10.0 Å². The predicted octanol–water partition coefficient (Wildman–Crippen LogP) is 3.97. The van der Waals surface area contributed by atoms with Crippen molar-refractivity contribution in [1.82, 2.24) is 4.72 Å². The molecule has 7 nitrogen and oxygen atoms in total. The normalized spacial score (nSPS) is 15.1. The third kappa shape index (κ3) is 4.73. The lowest BCUT2D eigenvalue weighted by molar-refractivity contribution is 0.0979. The average molecular weight is 479 g/mol. The predicted molar refractivity (Wildman–Crippen MR) is 130 cm³/mol. The van der Waals surface area contributed by atoms with Crippen LogP contribution in [0.3, 0.4) is 0 Å². The van der Waals surface area contributed by atoms with Crippen LogP contribution in [-0.2, 0) is 23.0 Å². The number of fused-ring (bicyclic) bond motifs is 1. The summed E-state index contributed by atoms with van der Waals surface area (Å²) in [6.07, 6.45) is 0.728. The molecule has 0 unspecified atom stereocenters. The number of rotatable bonds is 7. The first-order valence-electron chi connectivity index (χ1n) is 10.9. The SMILES string of the molecule is COc1ccc(C(=O)N2c3cc(CNS(=O)(=O)c4ccc(C(C)=O)cc4)ccc3C[C@H]2C)cc1. The Kier molecular flexibility index (Phi) is 6.54. The number of ketones is 1. The number of sulfonamides is 1. The van der Waals surface area contributed by atoms with Crippen molar-refractivity contribution in [3.05, 3.63) is 89.0 Å². The van der Waals surface area contributed by atoms with E-state index in [0.717, 1.165) is 23.2 Å². The number of amides is 1. The lowest BCUT2D eigenvalue weighted by atomic mass is 10.1. The second kappa shape index (κ2) is 9.40. The minimum Gasteiger partial charge on any atom is -0.497 e. The van der Waals surface area contributed by atoms with Crippen molar-refractivity contribution in [2.75, 3.05) is 12.0 Å². The summed E-state index contributed by atoms with van der Waals surface area (Å²) in [5, 5.41) is 0. The van der Waals surface area contributed by atoms with Gasteiger partial charge in [0.2, 0.25) is 10.0 Å². The number of hydrogen-bond donors (Lipinski definition) is 1. The summed E-state index contributed by atoms with van der Waals surface area (Å²) in [7, 11) is -2.18. The van der Waals surface area contributed by atoms with Gasteiger partial charge in [-0.05, 0) is 73.9 Å². The van der Waals surface area contributed by atoms with Gasteiger partial charge in [-0.2, -0.15) is 0 Å². The summed E-state index contributed by atoms with van der Waals surface area (Å²) >= 11 is 0. The number of nitrogens with one attached hydrogen (secondary N) is 1. The van der Waals surface area contributed by atoms with Crippen LogP contribution in [0.5, 0.6) is 5.75 Å². The van der Waals surface area contributed by atoms with Gasteiger partial charge in [-0.25, -0.2) is 13.1 Å². The van der Waals surface area contributed by atoms with Crippen molar-refractivity contribution in [2.45, 2.75) is 37.8 Å². The van der Waals surface area contributed by atoms with Gasteiger partial charge in [0, 0.05) is 29.4 Å². The van der Waals surface area contributed by atoms with Crippen LogP contribution in [0.15, 0.2) is 71.6 Å². The number of carbonyl (C=O) groups excluding carboxylic acids is 2. The van der Waals surface area contributed by atoms with Crippen LogP contribution in [0.2, 0.25) is 0 Å². The highest BCUT2D eigenvalue weighted by molar-refractivity contribution is 7.89. The first-order chi connectivity index (χ1) is 16.2. The molecule has 1 heterocycles. The van der Waals surface area contributed by atoms with Crippen LogP contribution in [-0.4, -0.2) is 33.3 Å². The number of benzene rings is 3. The Morgan fingerprint density at radius 3 is 2.26 bits per heavy atom. The molecular weight excluding hydrogens is 452 g/mol. The quantitative estimate of drug-likeness (QED) is 0.519. The Balaban J connectivity index is 1.53. The second-order valence-corrected chi connectivity index (χ2v) is 10.1. The van der Waals surface area contributed by atoms with Crippen LogP contribution in [0.1, 0.15) is 45.7 Å². The number of anilines is 1. The second-order valence-electron chi connectivity index (χ2n) is 8.32. The number of nitrogens with zero attached hydrogens (tertiary/aromatic N) is 1. The number of hydrogen-bond acceptors (Lipinski definition) is 5. The molecule has 176 valence electrons. The molecule has 0 saturated carbocycles. The van der Waals surface area contributed by atoms with E-state index in [4.69, 9.17) is 4.74 Å². The molecule has 1 aliphatic rings. The zero-order valence-electron chi connectivity index (χ0n) is 19.2. The minimum atomic E-state index is -3.76. The molecule has 3 aromatic rings. The van der Waals surface area contributed by atoms with Gasteiger partial charge in [0.15, 0.2) is 5.78 Å². The summed E-state index contributed by atoms with van der Waals surface area (Å²) in [5.74, 6) is 0.437. The fourth-order valence-corrected chi connectivity index (χ4v) is 5.09. The van der Waals surface area contributed by atoms with Gasteiger partial charge in [0.05, 0.1) is 12.0 Å². The van der Waals surface area contributed by atoms with Crippen molar-refractivity contribution in [3.63, 3.8) is 0 Å². The van der Waals surface area contributed by atoms with Gasteiger partial charge < -0.3 is 9.64 Å². The Morgan fingerprint density at radius 2 is 1.65 bits per heavy atom. The molecule has 0 radical (unpaired) electrons. The van der Waals surface area contributed by atoms with Crippen molar-refractivity contribution < 1.29 is 22.7 Å². The first kappa shape index (κ1) is 23.7. The highest BCUT2D eigenvalue weighted by atomic mass is 32.2. The molecule has 3 aromatic carbocycles. The standard InChI is InChI=1S/C26H26N2O5S/c1-17-14-22-5-4-19(16-27-34(31,32)24-12-8-20(9-13-24)18(2)29)15-25(22)28(17)26(30)21-6-10-23(33-3)11-7-21/h4-13,15,17,27H,14,16H2,1-3H3/t17-/m1/s1. The van der Waals surface area contributed by atoms with E-state index in [1.165, 1.54) is 31.2 Å². The van der Waals surface area contributed by atoms with Crippen LogP contribution in [0, 0.1) is 0 Å². The number of ether oxygens (including phenoxy) is 1. The Morgan fingerprint density at radius 1 is 1.00 bits per heavy atom. The van der Waals surface area contributed by atoms with E-state index in [9.17, 15) is 18.0 Å². The maximum atomic E-state index is 13.3. The van der Waals surface area contributed by atoms with Crippen LogP contribution < -0.4 is 14.4 Å². The summed E-state index contributed by atoms with van der Waals surface area (Å²) in [4.78, 5) is 26.5. The van der Waals surface area contributed by atoms with E-state index in [-0.39, 0.29) is 29.2 Å². The largest absolute Gasteiger partial charge is 0.497 e. The maximum absolute atomic E-state index is 13.3. The van der Waals surface area contributed by atoms with E-state index in [2.05, 4.69) is 4.72 Å². The fraction of sp³-hybridized carbons (Fsp3) is 0.231. The number of carbonyl (C=O) groups is 2. The molecule has 1 atom stereocenters. The minimum absolute atomic E-state index is 0.0173. The highest BCUT2D eigenvalue weighted by Crippen LogP contribution is 2.34. The van der Waals surface area contributed by atoms with Crippen molar-refractivity contribution in [1.29, 1.82) is 0 Å². The Bertz CT molecular complexity index is 1330. The van der Waals surface area contributed by atoms with Crippen LogP contribution in [0.25, 0.3) is 0 Å². The zero-order chi connectivity index (χ0) is 24.5. The summed E-state index contributed by atoms with van der Waals surface area (Å²) in [5.41, 5.74) is 3.58. The molecule has 0 aromatic heterocycles. The van der Waals surface area contributed by atoms with Gasteiger partial charge in [-0.15, -0.1) is 0 Å². The molecule has 0 saturated heterocycles. The molecule has 1 N–H and O–H groups in total. The molecule has 1 aliphatic heterocycles. The van der Waals surface area contributed by atoms with Gasteiger partial charge in [-0.3, -0.25) is 9.59 Å². The fourth-order valence-electron chi connectivity index (χ4n) is 4.08. The van der Waals surface area contributed by atoms with Gasteiger partial charge in [0.25, 0.3) is 5.91 Å². The first-order valence-corrected chi connectivity index (χ1v) is 12.4. The van der Waals surface area contributed by atoms with Crippen LogP contribution >= 0.6 is 0 Å². The maximum Gasteiger partial charge on any atom is 0.258 e. The van der Waals surface area contributed by atoms with E-state index >= 15 is 0 Å². The molecule has 1 amide bonds. The van der Waals surface area contributed by atoms with E-state index in [0.29, 0.717) is 16.9 Å². The van der Waals surface area contributed by atoms with Crippen molar-refractivity contribution >= 4 is 27.4 Å². The van der Waals surface area contributed by atoms with Gasteiger partial charge in [0.1, 0.15) is 5.75 Å². The van der Waals surface area contributed by atoms with E-state index in [1.807, 2.05) is 25.1 Å². The number of Topliss-reactive ketones (excluding diaryl/α,β-unsaturated/α-hetero) is 1. The molecule has 0 bridgehead atoms. The Hall–Kier alpha value is -3.49. The van der Waals surface area contributed by atoms with Crippen LogP contribution in [0.4, 0.5) is 5.69 Å². The highest BCUT2D eigenvalue weighted by Gasteiger charge is 2.31. The molecule has 0 fully saturated rings. The topological polar surface area (TPSA) is 92.8 Å². The molecule has 4 rings (SSSR count). The van der Waals surface area contributed by atoms with Crippen molar-refractivity contribution in [3.8, 4) is 5.75 Å². The third-order valence-electron chi connectivity index (χ3n) is 5.96. The molecule has 0 spiro atoms. The smallest absolute Gasteiger partial charge is 0.258 e. The van der Waals surface area contributed by atoms with Gasteiger partial charge in [-0.1, -0.05) is 24.3 Å². The summed E-state index contributed by atoms with van der Waals surface area (Å²) in [6, 6.07) is 18.5. The number of methoxy groups -OCH3 is 1. The zero-order valence-corrected chi connectivity index (χ0v) is 20.1. The molecular formula is C26H26N2O5S.